The van der Waals surface area contributed by atoms with Crippen molar-refractivity contribution in [2.24, 2.45) is 5.92 Å². The number of benzene rings is 1. The fourth-order valence-corrected chi connectivity index (χ4v) is 4.08. The molecule has 3 aliphatic heterocycles. The number of carbonyl (C=O) groups is 2. The molecule has 0 saturated carbocycles. The molecule has 0 aliphatic carbocycles. The average Bonchev–Trinajstić information content (AvgIpc) is 2.89. The lowest BCUT2D eigenvalue weighted by Crippen LogP contribution is -2.71. The second-order valence-corrected chi connectivity index (χ2v) is 7.94. The second kappa shape index (κ2) is 6.30. The third kappa shape index (κ3) is 3.09. The molecule has 3 fully saturated rings. The van der Waals surface area contributed by atoms with E-state index in [1.807, 2.05) is 6.92 Å². The number of likely N-dealkylation sites (tertiary alicyclic amines) is 2. The highest BCUT2D eigenvalue weighted by Gasteiger charge is 2.51. The molecule has 3 amide bonds. The number of carbonyl (C=O) groups excluding carboxylic acids is 2. The second-order valence-electron chi connectivity index (χ2n) is 7.53. The lowest BCUT2D eigenvalue weighted by molar-refractivity contribution is -0.120. The highest BCUT2D eigenvalue weighted by Crippen LogP contribution is 2.34. The SMILES string of the molecule is CC(Oc1ccc(F)cc1Cl)C1CN(C(=O)N2CC3(CCC(=O)N3)C2)C1. The summed E-state index contributed by atoms with van der Waals surface area (Å²) in [7, 11) is 0. The van der Waals surface area contributed by atoms with Gasteiger partial charge in [0, 0.05) is 38.5 Å². The zero-order chi connectivity index (χ0) is 18.5. The number of hydrogen-bond acceptors (Lipinski definition) is 3. The molecule has 26 heavy (non-hydrogen) atoms. The summed E-state index contributed by atoms with van der Waals surface area (Å²) in [5.74, 6) is 0.334. The molecule has 6 nitrogen and oxygen atoms in total. The Hall–Kier alpha value is -2.02. The van der Waals surface area contributed by atoms with Gasteiger partial charge in [0.2, 0.25) is 5.91 Å². The molecule has 0 radical (unpaired) electrons. The van der Waals surface area contributed by atoms with Crippen LogP contribution in [0.2, 0.25) is 5.02 Å². The fraction of sp³-hybridized carbons (Fsp3) is 0.556. The minimum atomic E-state index is -0.402. The summed E-state index contributed by atoms with van der Waals surface area (Å²) < 4.78 is 18.9. The molecule has 1 aromatic carbocycles. The monoisotopic (exact) mass is 381 g/mol. The van der Waals surface area contributed by atoms with Gasteiger partial charge < -0.3 is 19.9 Å². The van der Waals surface area contributed by atoms with Crippen LogP contribution in [-0.4, -0.2) is 59.6 Å². The first-order valence-electron chi connectivity index (χ1n) is 8.82. The quantitative estimate of drug-likeness (QED) is 0.873. The Kier molecular flexibility index (Phi) is 4.22. The molecular weight excluding hydrogens is 361 g/mol. The minimum absolute atomic E-state index is 0.0139. The van der Waals surface area contributed by atoms with Crippen LogP contribution in [0.5, 0.6) is 5.75 Å². The Balaban J connectivity index is 1.25. The van der Waals surface area contributed by atoms with Crippen LogP contribution in [0, 0.1) is 11.7 Å². The molecule has 1 aromatic rings. The van der Waals surface area contributed by atoms with E-state index in [9.17, 15) is 14.0 Å². The van der Waals surface area contributed by atoms with Crippen LogP contribution < -0.4 is 10.1 Å². The largest absolute Gasteiger partial charge is 0.489 e. The van der Waals surface area contributed by atoms with E-state index in [2.05, 4.69) is 5.32 Å². The van der Waals surface area contributed by atoms with E-state index < -0.39 is 5.82 Å². The zero-order valence-electron chi connectivity index (χ0n) is 14.5. The Morgan fingerprint density at radius 3 is 2.73 bits per heavy atom. The number of nitrogens with one attached hydrogen (secondary N) is 1. The van der Waals surface area contributed by atoms with Crippen molar-refractivity contribution >= 4 is 23.5 Å². The van der Waals surface area contributed by atoms with Gasteiger partial charge in [0.15, 0.2) is 0 Å². The Labute approximate surface area is 156 Å². The minimum Gasteiger partial charge on any atom is -0.489 e. The fourth-order valence-electron chi connectivity index (χ4n) is 3.86. The third-order valence-electron chi connectivity index (χ3n) is 5.54. The van der Waals surface area contributed by atoms with Crippen LogP contribution in [0.25, 0.3) is 0 Å². The molecule has 3 aliphatic rings. The molecular formula is C18H21ClFN3O3. The molecule has 1 spiro atoms. The van der Waals surface area contributed by atoms with Gasteiger partial charge in [-0.05, 0) is 31.5 Å². The zero-order valence-corrected chi connectivity index (χ0v) is 15.3. The molecule has 0 aromatic heterocycles. The molecule has 3 saturated heterocycles. The summed E-state index contributed by atoms with van der Waals surface area (Å²) in [6.45, 7) is 4.36. The number of nitrogens with zero attached hydrogens (tertiary/aromatic N) is 2. The van der Waals surface area contributed by atoms with Gasteiger partial charge in [-0.3, -0.25) is 4.79 Å². The lowest BCUT2D eigenvalue weighted by atomic mass is 9.88. The van der Waals surface area contributed by atoms with E-state index in [1.165, 1.54) is 18.2 Å². The van der Waals surface area contributed by atoms with Crippen LogP contribution in [0.15, 0.2) is 18.2 Å². The van der Waals surface area contributed by atoms with Gasteiger partial charge in [-0.25, -0.2) is 9.18 Å². The van der Waals surface area contributed by atoms with Gasteiger partial charge in [-0.2, -0.15) is 0 Å². The van der Waals surface area contributed by atoms with Crippen LogP contribution in [0.1, 0.15) is 19.8 Å². The number of rotatable bonds is 3. The van der Waals surface area contributed by atoms with Crippen molar-refractivity contribution in [1.29, 1.82) is 0 Å². The van der Waals surface area contributed by atoms with Crippen molar-refractivity contribution in [2.75, 3.05) is 26.2 Å². The maximum absolute atomic E-state index is 13.1. The Morgan fingerprint density at radius 1 is 1.38 bits per heavy atom. The van der Waals surface area contributed by atoms with E-state index >= 15 is 0 Å². The highest BCUT2D eigenvalue weighted by molar-refractivity contribution is 6.32. The van der Waals surface area contributed by atoms with Gasteiger partial charge in [-0.1, -0.05) is 11.6 Å². The summed E-state index contributed by atoms with van der Waals surface area (Å²) in [5.41, 5.74) is -0.188. The normalized spacial score (nSPS) is 22.7. The van der Waals surface area contributed by atoms with E-state index in [0.29, 0.717) is 38.3 Å². The maximum Gasteiger partial charge on any atom is 0.320 e. The first kappa shape index (κ1) is 17.4. The Morgan fingerprint density at radius 2 is 2.12 bits per heavy atom. The van der Waals surface area contributed by atoms with Crippen molar-refractivity contribution in [3.8, 4) is 5.75 Å². The first-order chi connectivity index (χ1) is 12.3. The van der Waals surface area contributed by atoms with Crippen LogP contribution in [0.4, 0.5) is 9.18 Å². The topological polar surface area (TPSA) is 61.9 Å². The molecule has 4 rings (SSSR count). The predicted molar refractivity (Wildman–Crippen MR) is 93.6 cm³/mol. The molecule has 1 unspecified atom stereocenters. The number of amides is 3. The summed E-state index contributed by atoms with van der Waals surface area (Å²) in [6.07, 6.45) is 1.23. The Bertz CT molecular complexity index is 747. The van der Waals surface area contributed by atoms with E-state index in [-0.39, 0.29) is 34.5 Å². The lowest BCUT2D eigenvalue weighted by Gasteiger charge is -2.52. The van der Waals surface area contributed by atoms with Crippen molar-refractivity contribution in [3.63, 3.8) is 0 Å². The molecule has 140 valence electrons. The highest BCUT2D eigenvalue weighted by atomic mass is 35.5. The van der Waals surface area contributed by atoms with E-state index in [4.69, 9.17) is 16.3 Å². The smallest absolute Gasteiger partial charge is 0.320 e. The molecule has 1 N–H and O–H groups in total. The number of hydrogen-bond donors (Lipinski definition) is 1. The van der Waals surface area contributed by atoms with Crippen LogP contribution in [-0.2, 0) is 4.79 Å². The average molecular weight is 382 g/mol. The first-order valence-corrected chi connectivity index (χ1v) is 9.20. The van der Waals surface area contributed by atoms with Crippen molar-refractivity contribution < 1.29 is 18.7 Å². The summed E-state index contributed by atoms with van der Waals surface area (Å²) in [5, 5.41) is 3.22. The summed E-state index contributed by atoms with van der Waals surface area (Å²) >= 11 is 5.99. The van der Waals surface area contributed by atoms with Crippen molar-refractivity contribution in [2.45, 2.75) is 31.4 Å². The van der Waals surface area contributed by atoms with Crippen molar-refractivity contribution in [3.05, 3.63) is 29.0 Å². The molecule has 8 heteroatoms. The van der Waals surface area contributed by atoms with Gasteiger partial charge >= 0.3 is 6.03 Å². The molecule has 0 bridgehead atoms. The molecule has 1 atom stereocenters. The molecule has 3 heterocycles. The summed E-state index contributed by atoms with van der Waals surface area (Å²) in [6, 6.07) is 4.07. The predicted octanol–water partition coefficient (Wildman–Crippen LogP) is 2.26. The van der Waals surface area contributed by atoms with Crippen LogP contribution in [0.3, 0.4) is 0 Å². The van der Waals surface area contributed by atoms with Gasteiger partial charge in [0.05, 0.1) is 10.6 Å². The van der Waals surface area contributed by atoms with Gasteiger partial charge in [0.25, 0.3) is 0 Å². The number of halogens is 2. The number of ether oxygens (including phenoxy) is 1. The standard InChI is InChI=1S/C18H21ClFN3O3/c1-11(26-15-3-2-13(20)6-14(15)19)12-7-22(8-12)17(25)23-9-18(10-23)5-4-16(24)21-18/h2-3,6,11-12H,4-5,7-10H2,1H3,(H,21,24). The van der Waals surface area contributed by atoms with Gasteiger partial charge in [-0.15, -0.1) is 0 Å². The third-order valence-corrected chi connectivity index (χ3v) is 5.84. The maximum atomic E-state index is 13.1. The van der Waals surface area contributed by atoms with E-state index in [0.717, 1.165) is 6.42 Å². The summed E-state index contributed by atoms with van der Waals surface area (Å²) in [4.78, 5) is 27.4. The van der Waals surface area contributed by atoms with Crippen molar-refractivity contribution in [1.82, 2.24) is 15.1 Å². The van der Waals surface area contributed by atoms with Gasteiger partial charge in [0.1, 0.15) is 17.7 Å². The van der Waals surface area contributed by atoms with Crippen LogP contribution >= 0.6 is 11.6 Å². The van der Waals surface area contributed by atoms with E-state index in [1.54, 1.807) is 9.80 Å². The number of urea groups is 1.